The van der Waals surface area contributed by atoms with Crippen molar-refractivity contribution in [2.45, 2.75) is 39.8 Å². The zero-order valence-corrected chi connectivity index (χ0v) is 17.6. The quantitative estimate of drug-likeness (QED) is 0.625. The molecule has 0 radical (unpaired) electrons. The minimum atomic E-state index is -0.802. The van der Waals surface area contributed by atoms with E-state index in [4.69, 9.17) is 27.9 Å². The monoisotopic (exact) mass is 407 g/mol. The minimum absolute atomic E-state index is 0.120. The molecule has 0 aliphatic heterocycles. The molecule has 27 heavy (non-hydrogen) atoms. The van der Waals surface area contributed by atoms with E-state index in [9.17, 15) is 9.59 Å². The minimum Gasteiger partial charge on any atom is -0.479 e. The van der Waals surface area contributed by atoms with E-state index in [0.29, 0.717) is 21.4 Å². The van der Waals surface area contributed by atoms with Crippen LogP contribution in [0, 0.1) is 13.8 Å². The Balaban J connectivity index is 2.10. The Bertz CT molecular complexity index is 867. The van der Waals surface area contributed by atoms with Gasteiger partial charge < -0.3 is 9.64 Å². The molecule has 2 unspecified atom stereocenters. The average molecular weight is 408 g/mol. The summed E-state index contributed by atoms with van der Waals surface area (Å²) in [5.74, 6) is -0.0696. The number of carbonyl (C=O) groups is 2. The van der Waals surface area contributed by atoms with E-state index in [0.717, 1.165) is 11.1 Å². The SMILES string of the molecule is Cc1ccc(C(=O)C(C)N(C)C(=O)C(C)Oc2ccc(Cl)cc2Cl)cc1C. The van der Waals surface area contributed by atoms with E-state index in [2.05, 4.69) is 0 Å². The standard InChI is InChI=1S/C21H23Cl2NO3/c1-12-6-7-16(10-13(12)2)20(25)14(3)24(5)21(26)15(4)27-19-9-8-17(22)11-18(19)23/h6-11,14-15H,1-5H3. The molecule has 0 bridgehead atoms. The van der Waals surface area contributed by atoms with Crippen molar-refractivity contribution in [3.8, 4) is 5.75 Å². The molecule has 0 N–H and O–H groups in total. The number of likely N-dealkylation sites (N-methyl/N-ethyl adjacent to an activating group) is 1. The molecule has 2 aromatic rings. The van der Waals surface area contributed by atoms with Crippen molar-refractivity contribution in [3.63, 3.8) is 0 Å². The lowest BCUT2D eigenvalue weighted by Gasteiger charge is -2.27. The molecule has 0 saturated heterocycles. The van der Waals surface area contributed by atoms with Gasteiger partial charge in [0, 0.05) is 17.6 Å². The van der Waals surface area contributed by atoms with Crippen molar-refractivity contribution in [1.82, 2.24) is 4.90 Å². The molecule has 0 aliphatic carbocycles. The van der Waals surface area contributed by atoms with Gasteiger partial charge >= 0.3 is 0 Å². The highest BCUT2D eigenvalue weighted by molar-refractivity contribution is 6.35. The summed E-state index contributed by atoms with van der Waals surface area (Å²) in [6.45, 7) is 7.27. The summed E-state index contributed by atoms with van der Waals surface area (Å²) in [6, 6.07) is 9.71. The first-order valence-electron chi connectivity index (χ1n) is 8.61. The molecular formula is C21H23Cl2NO3. The van der Waals surface area contributed by atoms with Gasteiger partial charge in [-0.05, 0) is 63.1 Å². The van der Waals surface area contributed by atoms with Crippen LogP contribution in [0.2, 0.25) is 10.0 Å². The van der Waals surface area contributed by atoms with Crippen molar-refractivity contribution in [2.24, 2.45) is 0 Å². The maximum atomic E-state index is 12.8. The van der Waals surface area contributed by atoms with E-state index in [1.165, 1.54) is 4.90 Å². The molecule has 2 atom stereocenters. The van der Waals surface area contributed by atoms with Crippen LogP contribution in [-0.4, -0.2) is 35.8 Å². The van der Waals surface area contributed by atoms with Gasteiger partial charge in [0.05, 0.1) is 11.1 Å². The van der Waals surface area contributed by atoms with Gasteiger partial charge in [0.1, 0.15) is 5.75 Å². The van der Waals surface area contributed by atoms with E-state index in [1.807, 2.05) is 26.0 Å². The molecule has 1 amide bonds. The van der Waals surface area contributed by atoms with Gasteiger partial charge in [-0.25, -0.2) is 0 Å². The van der Waals surface area contributed by atoms with Crippen molar-refractivity contribution >= 4 is 34.9 Å². The Labute approximate surface area is 170 Å². The predicted molar refractivity (Wildman–Crippen MR) is 109 cm³/mol. The van der Waals surface area contributed by atoms with Crippen molar-refractivity contribution in [1.29, 1.82) is 0 Å². The van der Waals surface area contributed by atoms with Gasteiger partial charge in [0.25, 0.3) is 5.91 Å². The first-order valence-corrected chi connectivity index (χ1v) is 9.37. The lowest BCUT2D eigenvalue weighted by Crippen LogP contribution is -2.46. The van der Waals surface area contributed by atoms with Crippen LogP contribution in [0.5, 0.6) is 5.75 Å². The third-order valence-corrected chi connectivity index (χ3v) is 5.18. The molecule has 0 saturated carbocycles. The number of halogens is 2. The molecule has 0 heterocycles. The maximum Gasteiger partial charge on any atom is 0.263 e. The Morgan fingerprint density at radius 2 is 1.67 bits per heavy atom. The van der Waals surface area contributed by atoms with Gasteiger partial charge in [-0.3, -0.25) is 9.59 Å². The van der Waals surface area contributed by atoms with Crippen LogP contribution in [0.3, 0.4) is 0 Å². The van der Waals surface area contributed by atoms with Crippen LogP contribution >= 0.6 is 23.2 Å². The highest BCUT2D eigenvalue weighted by Crippen LogP contribution is 2.28. The molecular weight excluding hydrogens is 385 g/mol. The number of benzene rings is 2. The summed E-state index contributed by atoms with van der Waals surface area (Å²) in [7, 11) is 1.59. The lowest BCUT2D eigenvalue weighted by molar-refractivity contribution is -0.137. The fourth-order valence-corrected chi connectivity index (χ4v) is 3.05. The first kappa shape index (κ1) is 21.3. The Morgan fingerprint density at radius 3 is 2.26 bits per heavy atom. The summed E-state index contributed by atoms with van der Waals surface area (Å²) in [6.07, 6.45) is -0.802. The summed E-state index contributed by atoms with van der Waals surface area (Å²) >= 11 is 12.0. The zero-order chi connectivity index (χ0) is 20.3. The number of aryl methyl sites for hydroxylation is 2. The third-order valence-electron chi connectivity index (χ3n) is 4.64. The number of amides is 1. The molecule has 0 fully saturated rings. The topological polar surface area (TPSA) is 46.6 Å². The molecule has 144 valence electrons. The molecule has 6 heteroatoms. The number of hydrogen-bond donors (Lipinski definition) is 0. The number of ketones is 1. The number of ether oxygens (including phenoxy) is 1. The maximum absolute atomic E-state index is 12.8. The molecule has 0 spiro atoms. The number of carbonyl (C=O) groups excluding carboxylic acids is 2. The Kier molecular flexibility index (Phi) is 6.90. The van der Waals surface area contributed by atoms with E-state index in [1.54, 1.807) is 45.2 Å². The van der Waals surface area contributed by atoms with Gasteiger partial charge in [-0.1, -0.05) is 35.3 Å². The van der Waals surface area contributed by atoms with Crippen molar-refractivity contribution in [3.05, 3.63) is 63.1 Å². The van der Waals surface area contributed by atoms with Gasteiger partial charge in [-0.15, -0.1) is 0 Å². The number of rotatable bonds is 6. The first-order chi connectivity index (χ1) is 12.6. The van der Waals surface area contributed by atoms with Crippen LogP contribution < -0.4 is 4.74 Å². The van der Waals surface area contributed by atoms with E-state index >= 15 is 0 Å². The molecule has 0 aliphatic rings. The lowest BCUT2D eigenvalue weighted by atomic mass is 9.99. The fraction of sp³-hybridized carbons (Fsp3) is 0.333. The highest BCUT2D eigenvalue weighted by Gasteiger charge is 2.28. The second-order valence-electron chi connectivity index (χ2n) is 6.62. The van der Waals surface area contributed by atoms with Gasteiger partial charge in [0.2, 0.25) is 0 Å². The number of hydrogen-bond acceptors (Lipinski definition) is 3. The normalized spacial score (nSPS) is 13.0. The van der Waals surface area contributed by atoms with Crippen LogP contribution in [0.4, 0.5) is 0 Å². The third kappa shape index (κ3) is 5.02. The van der Waals surface area contributed by atoms with Crippen molar-refractivity contribution in [2.75, 3.05) is 7.05 Å². The smallest absolute Gasteiger partial charge is 0.263 e. The molecule has 0 aromatic heterocycles. The number of nitrogens with zero attached hydrogens (tertiary/aromatic N) is 1. The van der Waals surface area contributed by atoms with Crippen LogP contribution in [0.25, 0.3) is 0 Å². The largest absolute Gasteiger partial charge is 0.479 e. The fourth-order valence-electron chi connectivity index (χ4n) is 2.60. The second-order valence-corrected chi connectivity index (χ2v) is 7.47. The van der Waals surface area contributed by atoms with Crippen LogP contribution in [0.15, 0.2) is 36.4 Å². The van der Waals surface area contributed by atoms with E-state index < -0.39 is 12.1 Å². The van der Waals surface area contributed by atoms with Crippen molar-refractivity contribution < 1.29 is 14.3 Å². The average Bonchev–Trinajstić information content (AvgIpc) is 2.63. The summed E-state index contributed by atoms with van der Waals surface area (Å²) < 4.78 is 5.66. The molecule has 2 rings (SSSR count). The zero-order valence-electron chi connectivity index (χ0n) is 16.0. The predicted octanol–water partition coefficient (Wildman–Crippen LogP) is 5.11. The molecule has 2 aromatic carbocycles. The summed E-state index contributed by atoms with van der Waals surface area (Å²) in [5, 5.41) is 0.806. The second kappa shape index (κ2) is 8.77. The molecule has 4 nitrogen and oxygen atoms in total. The van der Waals surface area contributed by atoms with E-state index in [-0.39, 0.29) is 11.7 Å². The number of Topliss-reactive ketones (excluding diaryl/α,β-unsaturated/α-hetero) is 1. The highest BCUT2D eigenvalue weighted by atomic mass is 35.5. The van der Waals surface area contributed by atoms with Crippen LogP contribution in [-0.2, 0) is 4.79 Å². The Hall–Kier alpha value is -2.04. The summed E-state index contributed by atoms with van der Waals surface area (Å²) in [5.41, 5.74) is 2.74. The summed E-state index contributed by atoms with van der Waals surface area (Å²) in [4.78, 5) is 26.9. The van der Waals surface area contributed by atoms with Gasteiger partial charge in [-0.2, -0.15) is 0 Å². The van der Waals surface area contributed by atoms with Gasteiger partial charge in [0.15, 0.2) is 11.9 Å². The van der Waals surface area contributed by atoms with Crippen LogP contribution in [0.1, 0.15) is 35.3 Å². The Morgan fingerprint density at radius 1 is 1.00 bits per heavy atom.